The van der Waals surface area contributed by atoms with Gasteiger partial charge >= 0.3 is 5.97 Å². The summed E-state index contributed by atoms with van der Waals surface area (Å²) in [6.07, 6.45) is 1.94. The Balaban J connectivity index is 2.83. The van der Waals surface area contributed by atoms with Crippen molar-refractivity contribution in [3.05, 3.63) is 36.1 Å². The molecule has 0 bridgehead atoms. The third kappa shape index (κ3) is 3.52. The molecular formula is C13H16O4. The van der Waals surface area contributed by atoms with Gasteiger partial charge in [-0.1, -0.05) is 19.1 Å². The average Bonchev–Trinajstić information content (AvgIpc) is 2.39. The SMILES string of the molecule is CC/C(=C\Oc1ccccc1OC)C(=O)OC. The van der Waals surface area contributed by atoms with Crippen molar-refractivity contribution in [3.63, 3.8) is 0 Å². The van der Waals surface area contributed by atoms with E-state index in [2.05, 4.69) is 4.74 Å². The van der Waals surface area contributed by atoms with Crippen LogP contribution < -0.4 is 9.47 Å². The second kappa shape index (κ2) is 6.58. The van der Waals surface area contributed by atoms with Crippen LogP contribution in [0, 0.1) is 0 Å². The summed E-state index contributed by atoms with van der Waals surface area (Å²) in [5.41, 5.74) is 0.471. The standard InChI is InChI=1S/C13H16O4/c1-4-10(13(14)16-3)9-17-12-8-6-5-7-11(12)15-2/h5-9H,4H2,1-3H3/b10-9+. The highest BCUT2D eigenvalue weighted by molar-refractivity contribution is 5.87. The van der Waals surface area contributed by atoms with Gasteiger partial charge in [-0.15, -0.1) is 0 Å². The minimum Gasteiger partial charge on any atom is -0.493 e. The molecule has 4 heteroatoms. The van der Waals surface area contributed by atoms with Crippen LogP contribution in [0.25, 0.3) is 0 Å². The molecule has 0 saturated heterocycles. The van der Waals surface area contributed by atoms with Gasteiger partial charge in [-0.2, -0.15) is 0 Å². The highest BCUT2D eigenvalue weighted by atomic mass is 16.5. The molecule has 17 heavy (non-hydrogen) atoms. The van der Waals surface area contributed by atoms with Crippen LogP contribution in [-0.4, -0.2) is 20.2 Å². The number of carbonyl (C=O) groups excluding carboxylic acids is 1. The van der Waals surface area contributed by atoms with Crippen LogP contribution in [0.4, 0.5) is 0 Å². The molecule has 1 aromatic carbocycles. The van der Waals surface area contributed by atoms with E-state index in [1.54, 1.807) is 19.2 Å². The molecule has 0 unspecified atom stereocenters. The monoisotopic (exact) mass is 236 g/mol. The normalized spacial score (nSPS) is 10.9. The first-order valence-corrected chi connectivity index (χ1v) is 5.30. The van der Waals surface area contributed by atoms with E-state index in [9.17, 15) is 4.79 Å². The molecule has 0 spiro atoms. The van der Waals surface area contributed by atoms with Gasteiger partial charge in [0.15, 0.2) is 11.5 Å². The number of rotatable bonds is 5. The van der Waals surface area contributed by atoms with E-state index in [4.69, 9.17) is 9.47 Å². The van der Waals surface area contributed by atoms with Crippen LogP contribution in [0.5, 0.6) is 11.5 Å². The molecule has 0 aliphatic carbocycles. The van der Waals surface area contributed by atoms with E-state index >= 15 is 0 Å². The first-order chi connectivity index (χ1) is 8.22. The Labute approximate surface area is 101 Å². The summed E-state index contributed by atoms with van der Waals surface area (Å²) in [4.78, 5) is 11.3. The number of methoxy groups -OCH3 is 2. The van der Waals surface area contributed by atoms with Crippen molar-refractivity contribution in [3.8, 4) is 11.5 Å². The lowest BCUT2D eigenvalue weighted by Gasteiger charge is -2.08. The second-order valence-corrected chi connectivity index (χ2v) is 3.26. The summed E-state index contributed by atoms with van der Waals surface area (Å²) in [7, 11) is 2.90. The van der Waals surface area contributed by atoms with Gasteiger partial charge in [-0.25, -0.2) is 4.79 Å². The molecule has 0 aliphatic rings. The molecular weight excluding hydrogens is 220 g/mol. The minimum absolute atomic E-state index is 0.387. The van der Waals surface area contributed by atoms with Gasteiger partial charge in [0.1, 0.15) is 6.26 Å². The lowest BCUT2D eigenvalue weighted by Crippen LogP contribution is -2.05. The lowest BCUT2D eigenvalue weighted by molar-refractivity contribution is -0.136. The number of hydrogen-bond acceptors (Lipinski definition) is 4. The summed E-state index contributed by atoms with van der Waals surface area (Å²) in [6, 6.07) is 7.22. The number of para-hydroxylation sites is 2. The maximum absolute atomic E-state index is 11.3. The Hall–Kier alpha value is -1.97. The maximum Gasteiger partial charge on any atom is 0.336 e. The van der Waals surface area contributed by atoms with Crippen molar-refractivity contribution in [2.24, 2.45) is 0 Å². The highest BCUT2D eigenvalue weighted by Gasteiger charge is 2.08. The molecule has 0 aromatic heterocycles. The molecule has 0 N–H and O–H groups in total. The summed E-state index contributed by atoms with van der Waals surface area (Å²) >= 11 is 0. The fourth-order valence-corrected chi connectivity index (χ4v) is 1.26. The average molecular weight is 236 g/mol. The van der Waals surface area contributed by atoms with Gasteiger partial charge in [0.25, 0.3) is 0 Å². The number of benzene rings is 1. The Morgan fingerprint density at radius 1 is 1.24 bits per heavy atom. The Kier molecular flexibility index (Phi) is 5.07. The molecule has 4 nitrogen and oxygen atoms in total. The summed E-state index contributed by atoms with van der Waals surface area (Å²) in [6.45, 7) is 1.86. The molecule has 0 atom stereocenters. The second-order valence-electron chi connectivity index (χ2n) is 3.26. The lowest BCUT2D eigenvalue weighted by atomic mass is 10.2. The predicted molar refractivity (Wildman–Crippen MR) is 64.0 cm³/mol. The van der Waals surface area contributed by atoms with Crippen molar-refractivity contribution in [1.82, 2.24) is 0 Å². The van der Waals surface area contributed by atoms with Crippen molar-refractivity contribution in [2.75, 3.05) is 14.2 Å². The molecule has 92 valence electrons. The van der Waals surface area contributed by atoms with Gasteiger partial charge in [-0.3, -0.25) is 0 Å². The van der Waals surface area contributed by atoms with Gasteiger partial charge in [0.2, 0.25) is 0 Å². The van der Waals surface area contributed by atoms with E-state index in [-0.39, 0.29) is 5.97 Å². The first kappa shape index (κ1) is 13.1. The number of carbonyl (C=O) groups is 1. The minimum atomic E-state index is -0.387. The molecule has 0 amide bonds. The Bertz CT molecular complexity index is 410. The number of esters is 1. The summed E-state index contributed by atoms with van der Waals surface area (Å²) in [5, 5.41) is 0. The van der Waals surface area contributed by atoms with Crippen molar-refractivity contribution in [2.45, 2.75) is 13.3 Å². The van der Waals surface area contributed by atoms with E-state index < -0.39 is 0 Å². The zero-order valence-corrected chi connectivity index (χ0v) is 10.2. The van der Waals surface area contributed by atoms with Crippen LogP contribution in [0.1, 0.15) is 13.3 Å². The molecule has 0 saturated carbocycles. The van der Waals surface area contributed by atoms with E-state index in [1.807, 2.05) is 19.1 Å². The predicted octanol–water partition coefficient (Wildman–Crippen LogP) is 2.54. The fourth-order valence-electron chi connectivity index (χ4n) is 1.26. The molecule has 1 rings (SSSR count). The fraction of sp³-hybridized carbons (Fsp3) is 0.308. The Morgan fingerprint density at radius 3 is 2.41 bits per heavy atom. The molecule has 0 heterocycles. The third-order valence-electron chi connectivity index (χ3n) is 2.23. The molecule has 0 radical (unpaired) electrons. The van der Waals surface area contributed by atoms with E-state index in [1.165, 1.54) is 13.4 Å². The van der Waals surface area contributed by atoms with Crippen LogP contribution in [0.15, 0.2) is 36.1 Å². The summed E-state index contributed by atoms with van der Waals surface area (Å²) in [5.74, 6) is 0.788. The van der Waals surface area contributed by atoms with Crippen molar-refractivity contribution >= 4 is 5.97 Å². The topological polar surface area (TPSA) is 44.8 Å². The van der Waals surface area contributed by atoms with Gasteiger partial charge in [-0.05, 0) is 18.6 Å². The summed E-state index contributed by atoms with van der Waals surface area (Å²) < 4.78 is 15.2. The van der Waals surface area contributed by atoms with Crippen LogP contribution in [0.2, 0.25) is 0 Å². The van der Waals surface area contributed by atoms with Crippen LogP contribution in [-0.2, 0) is 9.53 Å². The Morgan fingerprint density at radius 2 is 1.88 bits per heavy atom. The molecule has 0 aliphatic heterocycles. The number of ether oxygens (including phenoxy) is 3. The third-order valence-corrected chi connectivity index (χ3v) is 2.23. The first-order valence-electron chi connectivity index (χ1n) is 5.30. The largest absolute Gasteiger partial charge is 0.493 e. The smallest absolute Gasteiger partial charge is 0.336 e. The zero-order valence-electron chi connectivity index (χ0n) is 10.2. The highest BCUT2D eigenvalue weighted by Crippen LogP contribution is 2.26. The van der Waals surface area contributed by atoms with Crippen LogP contribution in [0.3, 0.4) is 0 Å². The van der Waals surface area contributed by atoms with Crippen molar-refractivity contribution in [1.29, 1.82) is 0 Å². The molecule has 0 fully saturated rings. The zero-order chi connectivity index (χ0) is 12.7. The van der Waals surface area contributed by atoms with E-state index in [0.29, 0.717) is 23.5 Å². The van der Waals surface area contributed by atoms with Gasteiger partial charge in [0.05, 0.1) is 19.8 Å². The molecule has 1 aromatic rings. The number of hydrogen-bond donors (Lipinski definition) is 0. The quantitative estimate of drug-likeness (QED) is 0.447. The van der Waals surface area contributed by atoms with Crippen molar-refractivity contribution < 1.29 is 19.0 Å². The maximum atomic E-state index is 11.3. The van der Waals surface area contributed by atoms with Gasteiger partial charge in [0, 0.05) is 0 Å². The van der Waals surface area contributed by atoms with Crippen LogP contribution >= 0.6 is 0 Å². The van der Waals surface area contributed by atoms with E-state index in [0.717, 1.165) is 0 Å². The van der Waals surface area contributed by atoms with Gasteiger partial charge < -0.3 is 14.2 Å².